The van der Waals surface area contributed by atoms with E-state index in [1.807, 2.05) is 6.26 Å². The van der Waals surface area contributed by atoms with Gasteiger partial charge in [0.05, 0.1) is 11.0 Å². The highest BCUT2D eigenvalue weighted by molar-refractivity contribution is 7.98. The molecule has 0 unspecified atom stereocenters. The first-order chi connectivity index (χ1) is 8.45. The lowest BCUT2D eigenvalue weighted by atomic mass is 10.2. The highest BCUT2D eigenvalue weighted by atomic mass is 35.5. The van der Waals surface area contributed by atoms with Crippen LogP contribution in [0.5, 0.6) is 0 Å². The zero-order valence-corrected chi connectivity index (χ0v) is 12.8. The summed E-state index contributed by atoms with van der Waals surface area (Å²) in [6, 6.07) is 6.19. The lowest BCUT2D eigenvalue weighted by Crippen LogP contribution is -2.33. The number of hydrogen-bond donors (Lipinski definition) is 2. The number of aliphatic hydroxyl groups is 1. The second-order valence-corrected chi connectivity index (χ2v) is 7.05. The van der Waals surface area contributed by atoms with Crippen molar-refractivity contribution in [2.24, 2.45) is 5.73 Å². The van der Waals surface area contributed by atoms with Crippen molar-refractivity contribution >= 4 is 34.2 Å². The minimum Gasteiger partial charge on any atom is -0.390 e. The number of rotatable bonds is 3. The molecule has 1 aliphatic heterocycles. The smallest absolute Gasteiger partial charge is 0.243 e. The number of benzene rings is 1. The van der Waals surface area contributed by atoms with Gasteiger partial charge in [-0.2, -0.15) is 4.31 Å². The summed E-state index contributed by atoms with van der Waals surface area (Å²) in [7, 11) is -3.55. The van der Waals surface area contributed by atoms with Gasteiger partial charge in [-0.15, -0.1) is 24.2 Å². The van der Waals surface area contributed by atoms with Crippen molar-refractivity contribution in [1.82, 2.24) is 4.31 Å². The maximum Gasteiger partial charge on any atom is 0.243 e. The minimum atomic E-state index is -3.55. The molecule has 3 N–H and O–H groups in total. The fourth-order valence-corrected chi connectivity index (χ4v) is 3.77. The molecule has 0 saturated carbocycles. The minimum absolute atomic E-state index is 0. The quantitative estimate of drug-likeness (QED) is 0.792. The molecule has 0 radical (unpaired) electrons. The topological polar surface area (TPSA) is 83.6 Å². The van der Waals surface area contributed by atoms with Crippen LogP contribution >= 0.6 is 24.2 Å². The van der Waals surface area contributed by atoms with Crippen LogP contribution in [0.3, 0.4) is 0 Å². The molecule has 0 aliphatic carbocycles. The van der Waals surface area contributed by atoms with E-state index >= 15 is 0 Å². The Morgan fingerprint density at radius 3 is 2.32 bits per heavy atom. The highest BCUT2D eigenvalue weighted by Gasteiger charge is 2.36. The number of aliphatic hydroxyl groups excluding tert-OH is 1. The van der Waals surface area contributed by atoms with Gasteiger partial charge in [0.1, 0.15) is 0 Å². The van der Waals surface area contributed by atoms with Crippen LogP contribution < -0.4 is 5.73 Å². The van der Waals surface area contributed by atoms with Crippen molar-refractivity contribution in [2.45, 2.75) is 21.9 Å². The molecule has 1 aliphatic rings. The van der Waals surface area contributed by atoms with E-state index < -0.39 is 22.2 Å². The second kappa shape index (κ2) is 6.43. The highest BCUT2D eigenvalue weighted by Crippen LogP contribution is 2.23. The summed E-state index contributed by atoms with van der Waals surface area (Å²) in [6.07, 6.45) is 1.14. The summed E-state index contributed by atoms with van der Waals surface area (Å²) < 4.78 is 25.8. The Bertz CT molecular complexity index is 511. The van der Waals surface area contributed by atoms with Crippen molar-refractivity contribution in [2.75, 3.05) is 19.3 Å². The van der Waals surface area contributed by atoms with Crippen molar-refractivity contribution in [3.63, 3.8) is 0 Å². The van der Waals surface area contributed by atoms with Gasteiger partial charge in [-0.05, 0) is 30.5 Å². The molecule has 2 atom stereocenters. The van der Waals surface area contributed by atoms with Gasteiger partial charge in [-0.3, -0.25) is 0 Å². The molecule has 1 heterocycles. The number of sulfonamides is 1. The molecule has 108 valence electrons. The van der Waals surface area contributed by atoms with Crippen molar-refractivity contribution in [3.8, 4) is 0 Å². The molecule has 0 amide bonds. The van der Waals surface area contributed by atoms with E-state index in [-0.39, 0.29) is 30.4 Å². The maximum absolute atomic E-state index is 12.3. The predicted molar refractivity (Wildman–Crippen MR) is 78.2 cm³/mol. The van der Waals surface area contributed by atoms with Crippen molar-refractivity contribution in [3.05, 3.63) is 24.3 Å². The van der Waals surface area contributed by atoms with Crippen LogP contribution in [0.4, 0.5) is 0 Å². The summed E-state index contributed by atoms with van der Waals surface area (Å²) in [5, 5.41) is 9.53. The fourth-order valence-electron chi connectivity index (χ4n) is 1.87. The maximum atomic E-state index is 12.3. The van der Waals surface area contributed by atoms with Gasteiger partial charge >= 0.3 is 0 Å². The zero-order chi connectivity index (χ0) is 13.3. The van der Waals surface area contributed by atoms with Gasteiger partial charge in [-0.25, -0.2) is 8.42 Å². The molecule has 5 nitrogen and oxygen atoms in total. The third kappa shape index (κ3) is 3.42. The molecule has 1 saturated heterocycles. The SMILES string of the molecule is CSc1ccc(S(=O)(=O)N2C[C@@H](N)[C@H](O)C2)cc1.Cl. The Morgan fingerprint density at radius 1 is 1.32 bits per heavy atom. The molecule has 0 spiro atoms. The monoisotopic (exact) mass is 324 g/mol. The van der Waals surface area contributed by atoms with E-state index in [1.54, 1.807) is 36.0 Å². The molecule has 19 heavy (non-hydrogen) atoms. The van der Waals surface area contributed by atoms with E-state index in [2.05, 4.69) is 0 Å². The van der Waals surface area contributed by atoms with Crippen LogP contribution in [0.2, 0.25) is 0 Å². The molecule has 8 heteroatoms. The number of β-amino-alcohol motifs (C(OH)–C–C–N with tert-alkyl or cyclic N) is 1. The Labute approximate surface area is 123 Å². The molecule has 0 aromatic heterocycles. The van der Waals surface area contributed by atoms with Gasteiger partial charge in [0.25, 0.3) is 0 Å². The van der Waals surface area contributed by atoms with Gasteiger partial charge in [0, 0.05) is 24.0 Å². The normalized spacial score (nSPS) is 24.2. The number of nitrogens with two attached hydrogens (primary N) is 1. The molecule has 0 bridgehead atoms. The number of hydrogen-bond acceptors (Lipinski definition) is 5. The first-order valence-electron chi connectivity index (χ1n) is 5.53. The van der Waals surface area contributed by atoms with Crippen molar-refractivity contribution in [1.29, 1.82) is 0 Å². The van der Waals surface area contributed by atoms with E-state index in [4.69, 9.17) is 5.73 Å². The summed E-state index contributed by atoms with van der Waals surface area (Å²) in [5.74, 6) is 0. The number of nitrogens with zero attached hydrogens (tertiary/aromatic N) is 1. The predicted octanol–water partition coefficient (Wildman–Crippen LogP) is 0.523. The standard InChI is InChI=1S/C11H16N2O3S2.ClH/c1-17-8-2-4-9(5-3-8)18(15,16)13-6-10(12)11(14)7-13;/h2-5,10-11,14H,6-7,12H2,1H3;1H/t10-,11-;/m1./s1. The van der Waals surface area contributed by atoms with E-state index in [0.717, 1.165) is 4.90 Å². The summed E-state index contributed by atoms with van der Waals surface area (Å²) >= 11 is 1.55. The first kappa shape index (κ1) is 16.7. The van der Waals surface area contributed by atoms with Crippen LogP contribution in [0.15, 0.2) is 34.1 Å². The molecule has 1 aromatic rings. The largest absolute Gasteiger partial charge is 0.390 e. The Morgan fingerprint density at radius 2 is 1.89 bits per heavy atom. The average Bonchev–Trinajstić information content (AvgIpc) is 2.70. The van der Waals surface area contributed by atoms with Crippen molar-refractivity contribution < 1.29 is 13.5 Å². The average molecular weight is 325 g/mol. The lowest BCUT2D eigenvalue weighted by molar-refractivity contribution is 0.174. The van der Waals surface area contributed by atoms with Gasteiger partial charge in [0.15, 0.2) is 0 Å². The van der Waals surface area contributed by atoms with Crippen LogP contribution in [0, 0.1) is 0 Å². The molecule has 1 fully saturated rings. The van der Waals surface area contributed by atoms with Crippen LogP contribution in [-0.4, -0.2) is 49.3 Å². The third-order valence-electron chi connectivity index (χ3n) is 3.00. The first-order valence-corrected chi connectivity index (χ1v) is 8.19. The summed E-state index contributed by atoms with van der Waals surface area (Å²) in [5.41, 5.74) is 5.63. The van der Waals surface area contributed by atoms with Crippen LogP contribution in [0.1, 0.15) is 0 Å². The van der Waals surface area contributed by atoms with Crippen LogP contribution in [0.25, 0.3) is 0 Å². The Hall–Kier alpha value is -0.310. The van der Waals surface area contributed by atoms with Crippen LogP contribution in [-0.2, 0) is 10.0 Å². The molecular weight excluding hydrogens is 308 g/mol. The van der Waals surface area contributed by atoms with Gasteiger partial charge in [-0.1, -0.05) is 0 Å². The van der Waals surface area contributed by atoms with E-state index in [1.165, 1.54) is 4.31 Å². The third-order valence-corrected chi connectivity index (χ3v) is 5.59. The second-order valence-electron chi connectivity index (χ2n) is 4.23. The van der Waals surface area contributed by atoms with E-state index in [0.29, 0.717) is 0 Å². The van der Waals surface area contributed by atoms with E-state index in [9.17, 15) is 13.5 Å². The number of halogens is 1. The Balaban J connectivity index is 0.00000180. The molecule has 2 rings (SSSR count). The summed E-state index contributed by atoms with van der Waals surface area (Å²) in [4.78, 5) is 1.24. The molecular formula is C11H17ClN2O3S2. The lowest BCUT2D eigenvalue weighted by Gasteiger charge is -2.15. The fraction of sp³-hybridized carbons (Fsp3) is 0.455. The zero-order valence-electron chi connectivity index (χ0n) is 10.4. The Kier molecular flexibility index (Phi) is 5.66. The number of thioether (sulfide) groups is 1. The summed E-state index contributed by atoms with van der Waals surface area (Å²) in [6.45, 7) is 0.224. The van der Waals surface area contributed by atoms with Gasteiger partial charge < -0.3 is 10.8 Å². The molecule has 1 aromatic carbocycles. The van der Waals surface area contributed by atoms with Gasteiger partial charge in [0.2, 0.25) is 10.0 Å².